The molecule has 19 heavy (non-hydrogen) atoms. The molecule has 0 fully saturated rings. The van der Waals surface area contributed by atoms with Crippen LogP contribution < -0.4 is 5.32 Å². The van der Waals surface area contributed by atoms with E-state index in [0.717, 1.165) is 4.68 Å². The predicted molar refractivity (Wildman–Crippen MR) is 64.8 cm³/mol. The number of aromatic nitrogens is 3. The molecule has 0 bridgehead atoms. The second-order valence-corrected chi connectivity index (χ2v) is 3.95. The molecule has 0 atom stereocenters. The van der Waals surface area contributed by atoms with Crippen molar-refractivity contribution >= 4 is 11.6 Å². The van der Waals surface area contributed by atoms with Crippen molar-refractivity contribution in [1.29, 1.82) is 0 Å². The van der Waals surface area contributed by atoms with Crippen molar-refractivity contribution in [2.24, 2.45) is 0 Å². The van der Waals surface area contributed by atoms with Crippen LogP contribution in [0.4, 0.5) is 14.5 Å². The second kappa shape index (κ2) is 5.55. The average Bonchev–Trinajstić information content (AvgIpc) is 2.71. The van der Waals surface area contributed by atoms with E-state index in [9.17, 15) is 13.6 Å². The van der Waals surface area contributed by atoms with Gasteiger partial charge in [-0.1, -0.05) is 0 Å². The Kier molecular flexibility index (Phi) is 3.84. The summed E-state index contributed by atoms with van der Waals surface area (Å²) in [6.45, 7) is 1.35. The molecule has 0 saturated carbocycles. The van der Waals surface area contributed by atoms with Gasteiger partial charge in [0.1, 0.15) is 12.2 Å². The third kappa shape index (κ3) is 3.34. The maximum atomic E-state index is 12.7. The predicted octanol–water partition coefficient (Wildman–Crippen LogP) is 2.16. The van der Waals surface area contributed by atoms with Crippen LogP contribution in [-0.2, 0) is 11.3 Å². The van der Waals surface area contributed by atoms with Gasteiger partial charge in [-0.3, -0.25) is 14.5 Å². The summed E-state index contributed by atoms with van der Waals surface area (Å²) in [5.41, 5.74) is 0.747. The van der Waals surface area contributed by atoms with Crippen molar-refractivity contribution in [2.45, 2.75) is 19.9 Å². The van der Waals surface area contributed by atoms with Crippen molar-refractivity contribution < 1.29 is 13.6 Å². The van der Waals surface area contributed by atoms with Gasteiger partial charge in [0.25, 0.3) is 6.43 Å². The minimum Gasteiger partial charge on any atom is -0.324 e. The number of anilines is 1. The van der Waals surface area contributed by atoms with E-state index in [1.165, 1.54) is 18.5 Å². The summed E-state index contributed by atoms with van der Waals surface area (Å²) in [5, 5.41) is 6.46. The van der Waals surface area contributed by atoms with Gasteiger partial charge in [0.05, 0.1) is 5.69 Å². The minimum atomic E-state index is -2.66. The van der Waals surface area contributed by atoms with Crippen LogP contribution in [0.15, 0.2) is 30.6 Å². The number of hydrogen-bond donors (Lipinski definition) is 1. The molecular weight excluding hydrogens is 254 g/mol. The Balaban J connectivity index is 2.07. The second-order valence-electron chi connectivity index (χ2n) is 3.95. The van der Waals surface area contributed by atoms with Crippen LogP contribution in [0.3, 0.4) is 0 Å². The fourth-order valence-corrected chi connectivity index (χ4v) is 1.64. The van der Waals surface area contributed by atoms with E-state index in [1.54, 1.807) is 19.1 Å². The number of carbonyl (C=O) groups excluding carboxylic acids is 1. The molecule has 100 valence electrons. The summed E-state index contributed by atoms with van der Waals surface area (Å²) in [5.74, 6) is -0.420. The topological polar surface area (TPSA) is 59.8 Å². The monoisotopic (exact) mass is 266 g/mol. The molecule has 2 aromatic rings. The summed E-state index contributed by atoms with van der Waals surface area (Å²) in [7, 11) is 0. The first-order valence-electron chi connectivity index (χ1n) is 5.58. The lowest BCUT2D eigenvalue weighted by Gasteiger charge is -2.07. The van der Waals surface area contributed by atoms with Gasteiger partial charge < -0.3 is 5.32 Å². The number of nitrogens with one attached hydrogen (secondary N) is 1. The fraction of sp³-hybridized carbons (Fsp3) is 0.250. The van der Waals surface area contributed by atoms with Gasteiger partial charge in [-0.05, 0) is 25.1 Å². The maximum Gasteiger partial charge on any atom is 0.280 e. The number of amides is 1. The molecule has 7 heteroatoms. The molecular formula is C12H12F2N4O. The number of nitrogens with zero attached hydrogens (tertiary/aromatic N) is 3. The highest BCUT2D eigenvalue weighted by atomic mass is 19.3. The molecule has 0 radical (unpaired) electrons. The number of alkyl halides is 2. The van der Waals surface area contributed by atoms with Crippen LogP contribution in [0.25, 0.3) is 0 Å². The molecule has 5 nitrogen and oxygen atoms in total. The highest BCUT2D eigenvalue weighted by Crippen LogP contribution is 2.19. The van der Waals surface area contributed by atoms with Crippen molar-refractivity contribution in [2.75, 3.05) is 5.32 Å². The largest absolute Gasteiger partial charge is 0.324 e. The SMILES string of the molecule is Cc1cc(C(F)F)n(CC(=O)Nc2ccncc2)n1. The standard InChI is InChI=1S/C12H12F2N4O/c1-8-6-10(12(13)14)18(17-8)7-11(19)16-9-2-4-15-5-3-9/h2-6,12H,7H2,1H3,(H,15,16,19). The van der Waals surface area contributed by atoms with Crippen LogP contribution in [-0.4, -0.2) is 20.7 Å². The van der Waals surface area contributed by atoms with Gasteiger partial charge in [-0.15, -0.1) is 0 Å². The van der Waals surface area contributed by atoms with Crippen molar-refractivity contribution in [1.82, 2.24) is 14.8 Å². The van der Waals surface area contributed by atoms with Crippen LogP contribution in [0.5, 0.6) is 0 Å². The van der Waals surface area contributed by atoms with Crippen LogP contribution in [0, 0.1) is 6.92 Å². The van der Waals surface area contributed by atoms with E-state index < -0.39 is 12.3 Å². The normalized spacial score (nSPS) is 10.7. The number of pyridine rings is 1. The molecule has 2 aromatic heterocycles. The molecule has 0 spiro atoms. The van der Waals surface area contributed by atoms with Gasteiger partial charge in [0.15, 0.2) is 0 Å². The Morgan fingerprint density at radius 1 is 1.42 bits per heavy atom. The highest BCUT2D eigenvalue weighted by molar-refractivity contribution is 5.90. The number of hydrogen-bond acceptors (Lipinski definition) is 3. The Morgan fingerprint density at radius 3 is 2.74 bits per heavy atom. The number of carbonyl (C=O) groups is 1. The third-order valence-electron chi connectivity index (χ3n) is 2.41. The first kappa shape index (κ1) is 13.1. The Morgan fingerprint density at radius 2 is 2.11 bits per heavy atom. The van der Waals surface area contributed by atoms with E-state index in [0.29, 0.717) is 11.4 Å². The summed E-state index contributed by atoms with van der Waals surface area (Å²) in [4.78, 5) is 15.5. The van der Waals surface area contributed by atoms with Crippen LogP contribution >= 0.6 is 0 Å². The smallest absolute Gasteiger partial charge is 0.280 e. The van der Waals surface area contributed by atoms with E-state index in [1.807, 2.05) is 0 Å². The van der Waals surface area contributed by atoms with Crippen LogP contribution in [0.1, 0.15) is 17.8 Å². The zero-order valence-corrected chi connectivity index (χ0v) is 10.2. The highest BCUT2D eigenvalue weighted by Gasteiger charge is 2.17. The summed E-state index contributed by atoms with van der Waals surface area (Å²) < 4.78 is 26.4. The quantitative estimate of drug-likeness (QED) is 0.922. The lowest BCUT2D eigenvalue weighted by Crippen LogP contribution is -2.21. The summed E-state index contributed by atoms with van der Waals surface area (Å²) >= 11 is 0. The van der Waals surface area contributed by atoms with Gasteiger partial charge in [-0.2, -0.15) is 5.10 Å². The van der Waals surface area contributed by atoms with Gasteiger partial charge in [0.2, 0.25) is 5.91 Å². The zero-order chi connectivity index (χ0) is 13.8. The molecule has 0 saturated heterocycles. The minimum absolute atomic E-state index is 0.254. The number of halogens is 2. The Labute approximate surface area is 108 Å². The van der Waals surface area contributed by atoms with Gasteiger partial charge in [0, 0.05) is 18.1 Å². The van der Waals surface area contributed by atoms with E-state index in [4.69, 9.17) is 0 Å². The molecule has 1 N–H and O–H groups in total. The van der Waals surface area contributed by atoms with E-state index in [2.05, 4.69) is 15.4 Å². The molecule has 0 aliphatic heterocycles. The van der Waals surface area contributed by atoms with E-state index >= 15 is 0 Å². The van der Waals surface area contributed by atoms with Crippen molar-refractivity contribution in [3.8, 4) is 0 Å². The fourth-order valence-electron chi connectivity index (χ4n) is 1.64. The summed E-state index contributed by atoms with van der Waals surface area (Å²) in [6.07, 6.45) is 0.395. The van der Waals surface area contributed by atoms with Crippen molar-refractivity contribution in [3.05, 3.63) is 42.0 Å². The molecule has 0 aliphatic rings. The van der Waals surface area contributed by atoms with Crippen LogP contribution in [0.2, 0.25) is 0 Å². The molecule has 2 rings (SSSR count). The summed E-state index contributed by atoms with van der Waals surface area (Å²) in [6, 6.07) is 4.49. The lowest BCUT2D eigenvalue weighted by molar-refractivity contribution is -0.117. The average molecular weight is 266 g/mol. The number of rotatable bonds is 4. The Hall–Kier alpha value is -2.31. The van der Waals surface area contributed by atoms with Gasteiger partial charge >= 0.3 is 0 Å². The first-order valence-corrected chi connectivity index (χ1v) is 5.58. The Bertz CT molecular complexity index is 568. The zero-order valence-electron chi connectivity index (χ0n) is 10.2. The molecule has 0 aliphatic carbocycles. The lowest BCUT2D eigenvalue weighted by atomic mass is 10.3. The first-order chi connectivity index (χ1) is 9.06. The molecule has 0 aromatic carbocycles. The molecule has 2 heterocycles. The van der Waals surface area contributed by atoms with E-state index in [-0.39, 0.29) is 12.2 Å². The maximum absolute atomic E-state index is 12.7. The van der Waals surface area contributed by atoms with Crippen molar-refractivity contribution in [3.63, 3.8) is 0 Å². The third-order valence-corrected chi connectivity index (χ3v) is 2.41. The van der Waals surface area contributed by atoms with Gasteiger partial charge in [-0.25, -0.2) is 8.78 Å². The molecule has 1 amide bonds. The molecule has 0 unspecified atom stereocenters. The number of aryl methyl sites for hydroxylation is 1.